The van der Waals surface area contributed by atoms with Crippen LogP contribution in [-0.2, 0) is 6.54 Å². The minimum absolute atomic E-state index is 0.690. The van der Waals surface area contributed by atoms with E-state index in [4.69, 9.17) is 4.42 Å². The summed E-state index contributed by atoms with van der Waals surface area (Å²) in [6.45, 7) is 4.22. The van der Waals surface area contributed by atoms with Gasteiger partial charge in [0.05, 0.1) is 6.26 Å². The number of furan rings is 1. The van der Waals surface area contributed by atoms with Crippen molar-refractivity contribution < 1.29 is 4.42 Å². The van der Waals surface area contributed by atoms with E-state index in [0.29, 0.717) is 6.04 Å². The molecular formula is C16H28N2O. The molecule has 1 fully saturated rings. The topological polar surface area (TPSA) is 28.4 Å². The zero-order valence-corrected chi connectivity index (χ0v) is 12.6. The zero-order chi connectivity index (χ0) is 13.7. The second-order valence-electron chi connectivity index (χ2n) is 5.99. The molecule has 0 aromatic carbocycles. The van der Waals surface area contributed by atoms with Crippen LogP contribution in [0.1, 0.15) is 43.4 Å². The first-order valence-corrected chi connectivity index (χ1v) is 7.59. The Hall–Kier alpha value is -0.800. The Morgan fingerprint density at radius 3 is 2.79 bits per heavy atom. The normalized spacial score (nSPS) is 24.6. The van der Waals surface area contributed by atoms with E-state index in [-0.39, 0.29) is 0 Å². The summed E-state index contributed by atoms with van der Waals surface area (Å²) in [7, 11) is 4.34. The third-order valence-electron chi connectivity index (χ3n) is 4.48. The van der Waals surface area contributed by atoms with Crippen LogP contribution in [0.15, 0.2) is 16.7 Å². The Balaban J connectivity index is 1.89. The molecule has 19 heavy (non-hydrogen) atoms. The predicted molar refractivity (Wildman–Crippen MR) is 79.2 cm³/mol. The molecule has 0 saturated heterocycles. The molecule has 1 aliphatic rings. The van der Waals surface area contributed by atoms with Gasteiger partial charge in [-0.25, -0.2) is 0 Å². The maximum Gasteiger partial charge on any atom is 0.105 e. The summed E-state index contributed by atoms with van der Waals surface area (Å²) in [5.74, 6) is 1.84. The molecule has 0 amide bonds. The maximum atomic E-state index is 5.38. The van der Waals surface area contributed by atoms with Crippen LogP contribution in [0, 0.1) is 12.8 Å². The van der Waals surface area contributed by atoms with Crippen LogP contribution in [0.3, 0.4) is 0 Å². The Morgan fingerprint density at radius 1 is 1.32 bits per heavy atom. The largest absolute Gasteiger partial charge is 0.469 e. The number of aryl methyl sites for hydroxylation is 1. The molecule has 3 nitrogen and oxygen atoms in total. The number of nitrogens with zero attached hydrogens (tertiary/aromatic N) is 1. The number of hydrogen-bond acceptors (Lipinski definition) is 3. The maximum absolute atomic E-state index is 5.38. The zero-order valence-electron chi connectivity index (χ0n) is 12.6. The van der Waals surface area contributed by atoms with Gasteiger partial charge in [0.2, 0.25) is 0 Å². The molecule has 1 N–H and O–H groups in total. The van der Waals surface area contributed by atoms with E-state index in [1.165, 1.54) is 44.2 Å². The van der Waals surface area contributed by atoms with Crippen molar-refractivity contribution in [1.82, 2.24) is 10.2 Å². The Bertz CT molecular complexity index is 375. The second kappa shape index (κ2) is 7.11. The summed E-state index contributed by atoms with van der Waals surface area (Å²) in [6, 6.07) is 2.78. The van der Waals surface area contributed by atoms with Gasteiger partial charge in [0.1, 0.15) is 5.76 Å². The first kappa shape index (κ1) is 14.6. The summed E-state index contributed by atoms with van der Waals surface area (Å²) < 4.78 is 5.38. The molecule has 2 unspecified atom stereocenters. The highest BCUT2D eigenvalue weighted by Gasteiger charge is 2.23. The SMILES string of the molecule is CNC1CCCCCC1CN(C)Cc1ccoc1C. The van der Waals surface area contributed by atoms with Gasteiger partial charge >= 0.3 is 0 Å². The van der Waals surface area contributed by atoms with Crippen molar-refractivity contribution in [2.45, 2.75) is 51.6 Å². The van der Waals surface area contributed by atoms with E-state index in [2.05, 4.69) is 30.4 Å². The summed E-state index contributed by atoms with van der Waals surface area (Å²) in [4.78, 5) is 2.44. The van der Waals surface area contributed by atoms with Gasteiger partial charge in [0.25, 0.3) is 0 Å². The molecule has 2 rings (SSSR count). The second-order valence-corrected chi connectivity index (χ2v) is 5.99. The minimum atomic E-state index is 0.690. The monoisotopic (exact) mass is 264 g/mol. The van der Waals surface area contributed by atoms with E-state index in [0.717, 1.165) is 18.2 Å². The van der Waals surface area contributed by atoms with Gasteiger partial charge in [-0.2, -0.15) is 0 Å². The average molecular weight is 264 g/mol. The molecule has 3 heteroatoms. The van der Waals surface area contributed by atoms with Gasteiger partial charge < -0.3 is 14.6 Å². The molecule has 1 heterocycles. The molecule has 0 bridgehead atoms. The highest BCUT2D eigenvalue weighted by atomic mass is 16.3. The fourth-order valence-corrected chi connectivity index (χ4v) is 3.31. The summed E-state index contributed by atoms with van der Waals surface area (Å²) in [5, 5.41) is 3.52. The molecule has 1 aliphatic carbocycles. The van der Waals surface area contributed by atoms with Gasteiger partial charge in [0.15, 0.2) is 0 Å². The lowest BCUT2D eigenvalue weighted by atomic mass is 9.94. The third kappa shape index (κ3) is 4.08. The molecule has 2 atom stereocenters. The Morgan fingerprint density at radius 2 is 2.11 bits per heavy atom. The molecule has 1 saturated carbocycles. The summed E-state index contributed by atoms with van der Waals surface area (Å²) >= 11 is 0. The number of hydrogen-bond donors (Lipinski definition) is 1. The smallest absolute Gasteiger partial charge is 0.105 e. The lowest BCUT2D eigenvalue weighted by Gasteiger charge is -2.29. The van der Waals surface area contributed by atoms with E-state index in [1.54, 1.807) is 6.26 Å². The van der Waals surface area contributed by atoms with Crippen molar-refractivity contribution in [2.75, 3.05) is 20.6 Å². The average Bonchev–Trinajstić information content (AvgIpc) is 2.65. The fourth-order valence-electron chi connectivity index (χ4n) is 3.31. The summed E-state index contributed by atoms with van der Waals surface area (Å²) in [6.07, 6.45) is 8.66. The van der Waals surface area contributed by atoms with E-state index in [1.807, 2.05) is 6.92 Å². The first-order valence-electron chi connectivity index (χ1n) is 7.59. The lowest BCUT2D eigenvalue weighted by Crippen LogP contribution is -2.39. The van der Waals surface area contributed by atoms with Crippen LogP contribution in [0.2, 0.25) is 0 Å². The molecule has 1 aromatic heterocycles. The van der Waals surface area contributed by atoms with Crippen LogP contribution in [0.25, 0.3) is 0 Å². The van der Waals surface area contributed by atoms with Gasteiger partial charge in [0, 0.05) is 24.7 Å². The Kier molecular flexibility index (Phi) is 5.46. The lowest BCUT2D eigenvalue weighted by molar-refractivity contribution is 0.222. The number of rotatable bonds is 5. The van der Waals surface area contributed by atoms with Crippen LogP contribution in [-0.4, -0.2) is 31.6 Å². The highest BCUT2D eigenvalue weighted by molar-refractivity contribution is 5.15. The number of nitrogens with one attached hydrogen (secondary N) is 1. The van der Waals surface area contributed by atoms with Crippen molar-refractivity contribution in [3.05, 3.63) is 23.7 Å². The van der Waals surface area contributed by atoms with Gasteiger partial charge in [-0.05, 0) is 45.8 Å². The van der Waals surface area contributed by atoms with E-state index in [9.17, 15) is 0 Å². The predicted octanol–water partition coefficient (Wildman–Crippen LogP) is 3.19. The van der Waals surface area contributed by atoms with Crippen molar-refractivity contribution >= 4 is 0 Å². The summed E-state index contributed by atoms with van der Waals surface area (Å²) in [5.41, 5.74) is 1.32. The quantitative estimate of drug-likeness (QED) is 0.828. The minimum Gasteiger partial charge on any atom is -0.469 e. The van der Waals surface area contributed by atoms with Crippen molar-refractivity contribution in [2.24, 2.45) is 5.92 Å². The fraction of sp³-hybridized carbons (Fsp3) is 0.750. The van der Waals surface area contributed by atoms with Gasteiger partial charge in [-0.1, -0.05) is 19.3 Å². The van der Waals surface area contributed by atoms with Crippen LogP contribution in [0.4, 0.5) is 0 Å². The van der Waals surface area contributed by atoms with Crippen molar-refractivity contribution in [3.8, 4) is 0 Å². The van der Waals surface area contributed by atoms with Crippen LogP contribution in [0.5, 0.6) is 0 Å². The molecule has 1 aromatic rings. The van der Waals surface area contributed by atoms with Crippen LogP contribution < -0.4 is 5.32 Å². The molecule has 0 aliphatic heterocycles. The molecule has 108 valence electrons. The van der Waals surface area contributed by atoms with E-state index < -0.39 is 0 Å². The van der Waals surface area contributed by atoms with Gasteiger partial charge in [-0.15, -0.1) is 0 Å². The third-order valence-corrected chi connectivity index (χ3v) is 4.48. The standard InChI is InChI=1S/C16H28N2O/c1-13-14(9-10-19-13)11-18(3)12-15-7-5-4-6-8-16(15)17-2/h9-10,15-17H,4-8,11-12H2,1-3H3. The molecule has 0 radical (unpaired) electrons. The Labute approximate surface area is 117 Å². The van der Waals surface area contributed by atoms with Crippen molar-refractivity contribution in [3.63, 3.8) is 0 Å². The van der Waals surface area contributed by atoms with Crippen LogP contribution >= 0.6 is 0 Å². The van der Waals surface area contributed by atoms with Gasteiger partial charge in [-0.3, -0.25) is 0 Å². The van der Waals surface area contributed by atoms with Crippen molar-refractivity contribution in [1.29, 1.82) is 0 Å². The highest BCUT2D eigenvalue weighted by Crippen LogP contribution is 2.24. The molecular weight excluding hydrogens is 236 g/mol. The molecule has 0 spiro atoms. The first-order chi connectivity index (χ1) is 9.20. The van der Waals surface area contributed by atoms with E-state index >= 15 is 0 Å².